The van der Waals surface area contributed by atoms with Crippen molar-refractivity contribution < 1.29 is 0 Å². The number of thiophene rings is 1. The van der Waals surface area contributed by atoms with E-state index in [9.17, 15) is 0 Å². The number of hydrogen-bond donors (Lipinski definition) is 2. The van der Waals surface area contributed by atoms with Gasteiger partial charge >= 0.3 is 0 Å². The fourth-order valence-electron chi connectivity index (χ4n) is 1.66. The molecule has 1 heterocycles. The van der Waals surface area contributed by atoms with Crippen LogP contribution in [-0.2, 0) is 5.54 Å². The van der Waals surface area contributed by atoms with E-state index in [-0.39, 0.29) is 5.54 Å². The molecule has 2 rings (SSSR count). The molecule has 1 aromatic heterocycles. The van der Waals surface area contributed by atoms with Crippen LogP contribution in [0, 0.1) is 13.8 Å². The molecule has 0 bridgehead atoms. The van der Waals surface area contributed by atoms with Crippen molar-refractivity contribution in [3.8, 4) is 0 Å². The second-order valence-corrected chi connectivity index (χ2v) is 4.93. The third-order valence-corrected chi connectivity index (χ3v) is 3.74. The van der Waals surface area contributed by atoms with E-state index < -0.39 is 0 Å². The second kappa shape index (κ2) is 2.24. The van der Waals surface area contributed by atoms with E-state index in [1.807, 2.05) is 0 Å². The molecule has 3 heteroatoms. The highest BCUT2D eigenvalue weighted by Gasteiger charge is 2.43. The maximum Gasteiger partial charge on any atom is 0.0913 e. The molecule has 66 valence electrons. The lowest BCUT2D eigenvalue weighted by Crippen LogP contribution is -2.20. The summed E-state index contributed by atoms with van der Waals surface area (Å²) in [7, 11) is 0. The molecule has 1 saturated carbocycles. The summed E-state index contributed by atoms with van der Waals surface area (Å²) in [5, 5.41) is 0.921. The molecule has 1 fully saturated rings. The van der Waals surface area contributed by atoms with Crippen LogP contribution in [0.1, 0.15) is 28.8 Å². The summed E-state index contributed by atoms with van der Waals surface area (Å²) in [6, 6.07) is 0. The maximum atomic E-state index is 6.11. The van der Waals surface area contributed by atoms with Crippen LogP contribution in [-0.4, -0.2) is 0 Å². The number of nitrogens with two attached hydrogens (primary N) is 2. The van der Waals surface area contributed by atoms with Crippen LogP contribution >= 0.6 is 11.3 Å². The normalized spacial score (nSPS) is 19.6. The summed E-state index contributed by atoms with van der Waals surface area (Å²) < 4.78 is 0. The topological polar surface area (TPSA) is 52.0 Å². The van der Waals surface area contributed by atoms with E-state index in [0.29, 0.717) is 0 Å². The van der Waals surface area contributed by atoms with Crippen molar-refractivity contribution in [2.24, 2.45) is 5.73 Å². The zero-order valence-electron chi connectivity index (χ0n) is 7.48. The highest BCUT2D eigenvalue weighted by molar-refractivity contribution is 7.16. The fraction of sp³-hybridized carbons (Fsp3) is 0.556. The van der Waals surface area contributed by atoms with Crippen molar-refractivity contribution in [3.63, 3.8) is 0 Å². The predicted molar refractivity (Wildman–Crippen MR) is 53.3 cm³/mol. The van der Waals surface area contributed by atoms with Gasteiger partial charge in [-0.3, -0.25) is 0 Å². The molecule has 0 aromatic carbocycles. The lowest BCUT2D eigenvalue weighted by molar-refractivity contribution is 0.739. The van der Waals surface area contributed by atoms with Crippen LogP contribution in [0.3, 0.4) is 0 Å². The first-order valence-corrected chi connectivity index (χ1v) is 5.01. The molecule has 0 atom stereocenters. The SMILES string of the molecule is Cc1sc(N)c(C2(N)CC2)c1C. The molecule has 0 unspecified atom stereocenters. The van der Waals surface area contributed by atoms with Crippen molar-refractivity contribution in [1.82, 2.24) is 0 Å². The molecule has 0 radical (unpaired) electrons. The summed E-state index contributed by atoms with van der Waals surface area (Å²) in [5.74, 6) is 0. The zero-order valence-corrected chi connectivity index (χ0v) is 8.29. The van der Waals surface area contributed by atoms with Gasteiger partial charge in [-0.15, -0.1) is 11.3 Å². The molecule has 0 spiro atoms. The standard InChI is InChI=1S/C9H14N2S/c1-5-6(2)12-8(10)7(5)9(11)3-4-9/h3-4,10-11H2,1-2H3. The van der Waals surface area contributed by atoms with Gasteiger partial charge in [0.2, 0.25) is 0 Å². The van der Waals surface area contributed by atoms with Crippen molar-refractivity contribution in [1.29, 1.82) is 0 Å². The van der Waals surface area contributed by atoms with Crippen molar-refractivity contribution >= 4 is 16.3 Å². The van der Waals surface area contributed by atoms with Gasteiger partial charge in [-0.1, -0.05) is 0 Å². The Labute approximate surface area is 76.6 Å². The molecule has 2 nitrogen and oxygen atoms in total. The minimum Gasteiger partial charge on any atom is -0.390 e. The van der Waals surface area contributed by atoms with Gasteiger partial charge in [0.05, 0.1) is 5.00 Å². The molecular formula is C9H14N2S. The van der Waals surface area contributed by atoms with Crippen LogP contribution in [0.5, 0.6) is 0 Å². The van der Waals surface area contributed by atoms with Crippen molar-refractivity contribution in [2.45, 2.75) is 32.2 Å². The molecule has 4 N–H and O–H groups in total. The first kappa shape index (κ1) is 8.08. The van der Waals surface area contributed by atoms with Crippen molar-refractivity contribution in [2.75, 3.05) is 5.73 Å². The quantitative estimate of drug-likeness (QED) is 0.697. The van der Waals surface area contributed by atoms with Crippen LogP contribution in [0.15, 0.2) is 0 Å². The van der Waals surface area contributed by atoms with Crippen LogP contribution in [0.2, 0.25) is 0 Å². The summed E-state index contributed by atoms with van der Waals surface area (Å²) in [5.41, 5.74) is 14.5. The first-order chi connectivity index (χ1) is 5.54. The van der Waals surface area contributed by atoms with Crippen LogP contribution in [0.25, 0.3) is 0 Å². The number of rotatable bonds is 1. The average molecular weight is 182 g/mol. The van der Waals surface area contributed by atoms with Crippen LogP contribution in [0.4, 0.5) is 5.00 Å². The highest BCUT2D eigenvalue weighted by atomic mass is 32.1. The molecule has 1 aliphatic rings. The molecule has 1 aliphatic carbocycles. The van der Waals surface area contributed by atoms with Crippen LogP contribution < -0.4 is 11.5 Å². The Morgan fingerprint density at radius 1 is 1.33 bits per heavy atom. The van der Waals surface area contributed by atoms with Gasteiger partial charge in [-0.05, 0) is 32.3 Å². The molecule has 0 amide bonds. The van der Waals surface area contributed by atoms with Crippen molar-refractivity contribution in [3.05, 3.63) is 16.0 Å². The minimum absolute atomic E-state index is 0.0705. The average Bonchev–Trinajstić information content (AvgIpc) is 2.62. The van der Waals surface area contributed by atoms with E-state index in [4.69, 9.17) is 11.5 Å². The van der Waals surface area contributed by atoms with Gasteiger partial charge in [-0.25, -0.2) is 0 Å². The Morgan fingerprint density at radius 2 is 1.92 bits per heavy atom. The number of hydrogen-bond acceptors (Lipinski definition) is 3. The third-order valence-electron chi connectivity index (χ3n) is 2.70. The largest absolute Gasteiger partial charge is 0.390 e. The minimum atomic E-state index is -0.0705. The molecule has 0 aliphatic heterocycles. The van der Waals surface area contributed by atoms with Gasteiger partial charge in [-0.2, -0.15) is 0 Å². The van der Waals surface area contributed by atoms with E-state index in [1.54, 1.807) is 11.3 Å². The van der Waals surface area contributed by atoms with E-state index in [0.717, 1.165) is 17.8 Å². The number of nitrogen functional groups attached to an aromatic ring is 1. The number of anilines is 1. The predicted octanol–water partition coefficient (Wildman–Crippen LogP) is 1.89. The summed E-state index contributed by atoms with van der Waals surface area (Å²) in [6.07, 6.45) is 2.18. The van der Waals surface area contributed by atoms with Gasteiger partial charge in [0.25, 0.3) is 0 Å². The second-order valence-electron chi connectivity index (χ2n) is 3.68. The lowest BCUT2D eigenvalue weighted by atomic mass is 10.0. The molecular weight excluding hydrogens is 168 g/mol. The summed E-state index contributed by atoms with van der Waals surface area (Å²) >= 11 is 1.66. The van der Waals surface area contributed by atoms with E-state index in [1.165, 1.54) is 16.0 Å². The zero-order chi connectivity index (χ0) is 8.93. The van der Waals surface area contributed by atoms with Gasteiger partial charge in [0.1, 0.15) is 0 Å². The Morgan fingerprint density at radius 3 is 2.25 bits per heavy atom. The smallest absolute Gasteiger partial charge is 0.0913 e. The van der Waals surface area contributed by atoms with E-state index in [2.05, 4.69) is 13.8 Å². The summed E-state index contributed by atoms with van der Waals surface area (Å²) in [4.78, 5) is 1.30. The highest BCUT2D eigenvalue weighted by Crippen LogP contribution is 2.49. The monoisotopic (exact) mass is 182 g/mol. The lowest BCUT2D eigenvalue weighted by Gasteiger charge is -2.09. The first-order valence-electron chi connectivity index (χ1n) is 4.19. The number of aryl methyl sites for hydroxylation is 1. The Hall–Kier alpha value is -0.540. The maximum absolute atomic E-state index is 6.11. The Kier molecular flexibility index (Phi) is 1.50. The molecule has 12 heavy (non-hydrogen) atoms. The molecule has 1 aromatic rings. The van der Waals surface area contributed by atoms with Gasteiger partial charge in [0, 0.05) is 16.0 Å². The third kappa shape index (κ3) is 0.967. The Balaban J connectivity index is 2.55. The van der Waals surface area contributed by atoms with E-state index >= 15 is 0 Å². The van der Waals surface area contributed by atoms with Gasteiger partial charge in [0.15, 0.2) is 0 Å². The summed E-state index contributed by atoms with van der Waals surface area (Å²) in [6.45, 7) is 4.22. The van der Waals surface area contributed by atoms with Gasteiger partial charge < -0.3 is 11.5 Å². The molecule has 0 saturated heterocycles. The fourth-order valence-corrected chi connectivity index (χ4v) is 2.70. The Bertz CT molecular complexity index is 324.